The molecule has 0 aliphatic rings. The van der Waals surface area contributed by atoms with E-state index in [4.69, 9.17) is 5.11 Å². The van der Waals surface area contributed by atoms with Gasteiger partial charge in [0.15, 0.2) is 5.69 Å². The predicted molar refractivity (Wildman–Crippen MR) is 80.4 cm³/mol. The summed E-state index contributed by atoms with van der Waals surface area (Å²) in [6.07, 6.45) is 1.36. The molecule has 0 aliphatic heterocycles. The number of nitrogens with zero attached hydrogens (tertiary/aromatic N) is 3. The van der Waals surface area contributed by atoms with Crippen LogP contribution in [0.25, 0.3) is 0 Å². The number of benzene rings is 1. The summed E-state index contributed by atoms with van der Waals surface area (Å²) in [7, 11) is 0. The lowest BCUT2D eigenvalue weighted by Crippen LogP contribution is -2.24. The van der Waals surface area contributed by atoms with Gasteiger partial charge in [0.2, 0.25) is 5.91 Å². The Bertz CT molecular complexity index is 783. The minimum absolute atomic E-state index is 0.0723. The van der Waals surface area contributed by atoms with Gasteiger partial charge in [0.25, 0.3) is 5.69 Å². The number of aromatic nitrogens is 2. The lowest BCUT2D eigenvalue weighted by molar-refractivity contribution is -0.384. The van der Waals surface area contributed by atoms with E-state index in [2.05, 4.69) is 10.4 Å². The van der Waals surface area contributed by atoms with Crippen molar-refractivity contribution in [2.24, 2.45) is 0 Å². The molecule has 9 heteroatoms. The number of nitro benzene ring substituents is 1. The molecular formula is C14H14N4O5. The number of aryl methyl sites for hydroxylation is 1. The first kappa shape index (κ1) is 16.1. The largest absolute Gasteiger partial charge is 0.476 e. The maximum atomic E-state index is 12.2. The third-order valence-electron chi connectivity index (χ3n) is 3.21. The van der Waals surface area contributed by atoms with Crippen LogP contribution in [0, 0.1) is 17.0 Å². The first-order valence-corrected chi connectivity index (χ1v) is 6.64. The van der Waals surface area contributed by atoms with Crippen molar-refractivity contribution in [3.05, 3.63) is 51.8 Å². The second-order valence-corrected chi connectivity index (χ2v) is 4.93. The Labute approximate surface area is 130 Å². The molecule has 1 aromatic carbocycles. The highest BCUT2D eigenvalue weighted by Crippen LogP contribution is 2.26. The maximum Gasteiger partial charge on any atom is 0.356 e. The van der Waals surface area contributed by atoms with Crippen molar-refractivity contribution in [3.63, 3.8) is 0 Å². The van der Waals surface area contributed by atoms with Crippen LogP contribution in [0.4, 0.5) is 11.4 Å². The summed E-state index contributed by atoms with van der Waals surface area (Å²) < 4.78 is 1.18. The van der Waals surface area contributed by atoms with E-state index in [1.807, 2.05) is 0 Å². The average Bonchev–Trinajstić information content (AvgIpc) is 2.98. The third-order valence-corrected chi connectivity index (χ3v) is 3.21. The fourth-order valence-corrected chi connectivity index (χ4v) is 1.92. The molecule has 0 radical (unpaired) electrons. The SMILES string of the molecule is Cc1ccc(NC(=O)C(C)n2ccc(C(=O)O)n2)c([N+](=O)[O-])c1. The molecule has 0 fully saturated rings. The quantitative estimate of drug-likeness (QED) is 0.641. The van der Waals surface area contributed by atoms with Gasteiger partial charge in [-0.15, -0.1) is 0 Å². The Morgan fingerprint density at radius 2 is 2.09 bits per heavy atom. The van der Waals surface area contributed by atoms with Crippen LogP contribution in [0.2, 0.25) is 0 Å². The van der Waals surface area contributed by atoms with Crippen molar-refractivity contribution in [2.75, 3.05) is 5.32 Å². The van der Waals surface area contributed by atoms with Crippen molar-refractivity contribution in [3.8, 4) is 0 Å². The Kier molecular flexibility index (Phi) is 4.39. The molecule has 1 aromatic heterocycles. The molecule has 2 aromatic rings. The van der Waals surface area contributed by atoms with Crippen LogP contribution in [0.1, 0.15) is 29.0 Å². The van der Waals surface area contributed by atoms with Crippen LogP contribution in [-0.2, 0) is 4.79 Å². The second kappa shape index (κ2) is 6.26. The van der Waals surface area contributed by atoms with E-state index in [0.29, 0.717) is 5.56 Å². The highest BCUT2D eigenvalue weighted by Gasteiger charge is 2.21. The minimum Gasteiger partial charge on any atom is -0.476 e. The molecular weight excluding hydrogens is 304 g/mol. The number of nitro groups is 1. The zero-order valence-electron chi connectivity index (χ0n) is 12.4. The van der Waals surface area contributed by atoms with Crippen molar-refractivity contribution >= 4 is 23.3 Å². The van der Waals surface area contributed by atoms with Gasteiger partial charge in [-0.3, -0.25) is 19.6 Å². The number of aromatic carboxylic acids is 1. The fourth-order valence-electron chi connectivity index (χ4n) is 1.92. The molecule has 1 heterocycles. The van der Waals surface area contributed by atoms with E-state index in [9.17, 15) is 19.7 Å². The lowest BCUT2D eigenvalue weighted by atomic mass is 10.2. The molecule has 23 heavy (non-hydrogen) atoms. The van der Waals surface area contributed by atoms with Gasteiger partial charge in [-0.1, -0.05) is 6.07 Å². The van der Waals surface area contributed by atoms with E-state index in [-0.39, 0.29) is 17.1 Å². The molecule has 9 nitrogen and oxygen atoms in total. The van der Waals surface area contributed by atoms with E-state index >= 15 is 0 Å². The van der Waals surface area contributed by atoms with Gasteiger partial charge < -0.3 is 10.4 Å². The number of carbonyl (C=O) groups is 2. The Balaban J connectivity index is 2.21. The van der Waals surface area contributed by atoms with Gasteiger partial charge in [0.05, 0.1) is 4.92 Å². The Morgan fingerprint density at radius 3 is 2.65 bits per heavy atom. The number of hydrogen-bond acceptors (Lipinski definition) is 5. The van der Waals surface area contributed by atoms with Gasteiger partial charge >= 0.3 is 5.97 Å². The van der Waals surface area contributed by atoms with Gasteiger partial charge in [-0.25, -0.2) is 4.79 Å². The summed E-state index contributed by atoms with van der Waals surface area (Å²) in [5.41, 5.74) is 0.368. The molecule has 1 atom stereocenters. The molecule has 120 valence electrons. The van der Waals surface area contributed by atoms with Crippen LogP contribution in [0.3, 0.4) is 0 Å². The van der Waals surface area contributed by atoms with E-state index < -0.39 is 22.8 Å². The molecule has 1 amide bonds. The van der Waals surface area contributed by atoms with E-state index in [1.165, 1.54) is 36.0 Å². The molecule has 0 bridgehead atoms. The first-order valence-electron chi connectivity index (χ1n) is 6.64. The molecule has 0 aliphatic carbocycles. The second-order valence-electron chi connectivity index (χ2n) is 4.93. The van der Waals surface area contributed by atoms with Crippen molar-refractivity contribution < 1.29 is 19.6 Å². The standard InChI is InChI=1S/C14H14N4O5/c1-8-3-4-10(12(7-8)18(22)23)15-13(19)9(2)17-6-5-11(16-17)14(20)21/h3-7,9H,1-2H3,(H,15,19)(H,20,21). The van der Waals surface area contributed by atoms with Crippen LogP contribution in [-0.4, -0.2) is 31.7 Å². The lowest BCUT2D eigenvalue weighted by Gasteiger charge is -2.13. The van der Waals surface area contributed by atoms with Crippen LogP contribution >= 0.6 is 0 Å². The molecule has 0 spiro atoms. The van der Waals surface area contributed by atoms with Gasteiger partial charge in [0.1, 0.15) is 11.7 Å². The summed E-state index contributed by atoms with van der Waals surface area (Å²) in [6.45, 7) is 3.21. The van der Waals surface area contributed by atoms with Crippen LogP contribution in [0.5, 0.6) is 0 Å². The number of carbonyl (C=O) groups excluding carboxylic acids is 1. The zero-order valence-corrected chi connectivity index (χ0v) is 12.4. The first-order chi connectivity index (χ1) is 10.8. The topological polar surface area (TPSA) is 127 Å². The van der Waals surface area contributed by atoms with Crippen molar-refractivity contribution in [1.29, 1.82) is 0 Å². The summed E-state index contributed by atoms with van der Waals surface area (Å²) >= 11 is 0. The average molecular weight is 318 g/mol. The third kappa shape index (κ3) is 3.51. The Hall–Kier alpha value is -3.23. The van der Waals surface area contributed by atoms with Gasteiger partial charge in [-0.2, -0.15) is 5.10 Å². The summed E-state index contributed by atoms with van der Waals surface area (Å²) in [5, 5.41) is 26.1. The Morgan fingerprint density at radius 1 is 1.39 bits per heavy atom. The molecule has 0 saturated carbocycles. The summed E-state index contributed by atoms with van der Waals surface area (Å²) in [4.78, 5) is 33.5. The summed E-state index contributed by atoms with van der Waals surface area (Å²) in [5.74, 6) is -1.75. The normalized spacial score (nSPS) is 11.7. The zero-order chi connectivity index (χ0) is 17.1. The summed E-state index contributed by atoms with van der Waals surface area (Å²) in [6, 6.07) is 4.88. The number of nitrogens with one attached hydrogen (secondary N) is 1. The van der Waals surface area contributed by atoms with Crippen molar-refractivity contribution in [2.45, 2.75) is 19.9 Å². The predicted octanol–water partition coefficient (Wildman–Crippen LogP) is 2.00. The van der Waals surface area contributed by atoms with Crippen molar-refractivity contribution in [1.82, 2.24) is 9.78 Å². The monoisotopic (exact) mass is 318 g/mol. The molecule has 0 saturated heterocycles. The fraction of sp³-hybridized carbons (Fsp3) is 0.214. The van der Waals surface area contributed by atoms with Gasteiger partial charge in [-0.05, 0) is 31.5 Å². The highest BCUT2D eigenvalue weighted by molar-refractivity contribution is 5.95. The smallest absolute Gasteiger partial charge is 0.356 e. The van der Waals surface area contributed by atoms with E-state index in [1.54, 1.807) is 13.0 Å². The molecule has 2 rings (SSSR count). The number of carboxylic acid groups (broad SMARTS) is 1. The highest BCUT2D eigenvalue weighted by atomic mass is 16.6. The minimum atomic E-state index is -1.20. The van der Waals surface area contributed by atoms with E-state index in [0.717, 1.165) is 0 Å². The molecule has 1 unspecified atom stereocenters. The maximum absolute atomic E-state index is 12.2. The number of hydrogen-bond donors (Lipinski definition) is 2. The number of rotatable bonds is 5. The van der Waals surface area contributed by atoms with Gasteiger partial charge in [0, 0.05) is 12.3 Å². The van der Waals surface area contributed by atoms with Crippen LogP contribution in [0.15, 0.2) is 30.5 Å². The van der Waals surface area contributed by atoms with Crippen LogP contribution < -0.4 is 5.32 Å². The molecule has 2 N–H and O–H groups in total. The number of carboxylic acids is 1. The number of anilines is 1. The number of amides is 1.